The molecule has 0 spiro atoms. The molecule has 2 aromatic carbocycles. The molecule has 2 rings (SSSR count). The van der Waals surface area contributed by atoms with Crippen molar-refractivity contribution in [1.29, 1.82) is 0 Å². The number of hydrogen-bond acceptors (Lipinski definition) is 5. The van der Waals surface area contributed by atoms with E-state index in [1.54, 1.807) is 36.4 Å². The Morgan fingerprint density at radius 2 is 1.57 bits per heavy atom. The Morgan fingerprint density at radius 3 is 2.09 bits per heavy atom. The van der Waals surface area contributed by atoms with E-state index in [0.717, 1.165) is 5.56 Å². The number of esters is 1. The summed E-state index contributed by atoms with van der Waals surface area (Å²) in [5.74, 6) is -0.527. The Morgan fingerprint density at radius 1 is 1.00 bits per heavy atom. The average molecular weight is 338 g/mol. The normalized spacial score (nSPS) is 11.0. The molecule has 0 saturated heterocycles. The Hall–Kier alpha value is -2.41. The van der Waals surface area contributed by atoms with Gasteiger partial charge >= 0.3 is 16.2 Å². The minimum absolute atomic E-state index is 0.280. The first-order chi connectivity index (χ1) is 10.9. The van der Waals surface area contributed by atoms with Crippen molar-refractivity contribution in [2.45, 2.75) is 12.4 Å². The fourth-order valence-electron chi connectivity index (χ4n) is 1.90. The zero-order chi connectivity index (χ0) is 16.9. The van der Waals surface area contributed by atoms with Crippen LogP contribution in [0.1, 0.15) is 21.5 Å². The highest BCUT2D eigenvalue weighted by atomic mass is 32.3. The van der Waals surface area contributed by atoms with Crippen molar-refractivity contribution in [3.8, 4) is 5.75 Å². The van der Waals surface area contributed by atoms with Crippen LogP contribution in [-0.4, -0.2) is 21.5 Å². The monoisotopic (exact) mass is 338 g/mol. The number of methoxy groups -OCH3 is 1. The third-order valence-electron chi connectivity index (χ3n) is 3.04. The van der Waals surface area contributed by atoms with Crippen LogP contribution < -0.4 is 4.74 Å². The second-order valence-electron chi connectivity index (χ2n) is 4.80. The van der Waals surface area contributed by atoms with Crippen molar-refractivity contribution >= 4 is 16.2 Å². The third-order valence-corrected chi connectivity index (χ3v) is 3.72. The van der Waals surface area contributed by atoms with Crippen LogP contribution in [0.25, 0.3) is 0 Å². The molecule has 5 nitrogen and oxygen atoms in total. The molecular formula is C16H15FO5S. The lowest BCUT2D eigenvalue weighted by atomic mass is 10.1. The first-order valence-corrected chi connectivity index (χ1v) is 8.24. The highest BCUT2D eigenvalue weighted by Crippen LogP contribution is 2.16. The molecule has 0 radical (unpaired) electrons. The summed E-state index contributed by atoms with van der Waals surface area (Å²) in [4.78, 5) is 11.3. The van der Waals surface area contributed by atoms with Gasteiger partial charge in [0.25, 0.3) is 0 Å². The molecule has 0 aliphatic heterocycles. The van der Waals surface area contributed by atoms with Gasteiger partial charge < -0.3 is 9.47 Å². The van der Waals surface area contributed by atoms with Crippen LogP contribution in [0, 0.1) is 0 Å². The fourth-order valence-corrected chi connectivity index (χ4v) is 2.49. The summed E-state index contributed by atoms with van der Waals surface area (Å²) in [7, 11) is -3.22. The van der Waals surface area contributed by atoms with Gasteiger partial charge in [0.15, 0.2) is 0 Å². The van der Waals surface area contributed by atoms with Crippen LogP contribution in [0.15, 0.2) is 48.5 Å². The molecule has 0 N–H and O–H groups in total. The zero-order valence-corrected chi connectivity index (χ0v) is 13.2. The minimum atomic E-state index is -4.54. The van der Waals surface area contributed by atoms with E-state index in [1.807, 2.05) is 0 Å². The molecule has 2 aromatic rings. The number of rotatable bonds is 6. The largest absolute Gasteiger partial charge is 0.489 e. The molecular weight excluding hydrogens is 323 g/mol. The van der Waals surface area contributed by atoms with E-state index in [-0.39, 0.29) is 6.61 Å². The molecule has 0 saturated carbocycles. The molecule has 23 heavy (non-hydrogen) atoms. The minimum Gasteiger partial charge on any atom is -0.489 e. The number of carbonyl (C=O) groups is 1. The van der Waals surface area contributed by atoms with Crippen LogP contribution >= 0.6 is 0 Å². The van der Waals surface area contributed by atoms with Gasteiger partial charge in [-0.25, -0.2) is 4.79 Å². The summed E-state index contributed by atoms with van der Waals surface area (Å²) in [6.45, 7) is 0.280. The Labute approximate surface area is 133 Å². The maximum atomic E-state index is 12.6. The summed E-state index contributed by atoms with van der Waals surface area (Å²) >= 11 is 0. The number of halogens is 1. The van der Waals surface area contributed by atoms with E-state index in [9.17, 15) is 17.1 Å². The molecule has 0 aromatic heterocycles. The van der Waals surface area contributed by atoms with Crippen LogP contribution in [0.4, 0.5) is 3.89 Å². The van der Waals surface area contributed by atoms with Gasteiger partial charge in [0.05, 0.1) is 12.7 Å². The molecule has 0 heterocycles. The quantitative estimate of drug-likeness (QED) is 0.598. The van der Waals surface area contributed by atoms with E-state index in [1.165, 1.54) is 19.2 Å². The van der Waals surface area contributed by atoms with Crippen LogP contribution in [0.3, 0.4) is 0 Å². The predicted octanol–water partition coefficient (Wildman–Crippen LogP) is 2.85. The molecule has 7 heteroatoms. The van der Waals surface area contributed by atoms with E-state index in [2.05, 4.69) is 4.74 Å². The van der Waals surface area contributed by atoms with Crippen LogP contribution in [-0.2, 0) is 27.3 Å². The maximum Gasteiger partial charge on any atom is 0.337 e. The van der Waals surface area contributed by atoms with Crippen molar-refractivity contribution in [3.05, 3.63) is 65.2 Å². The maximum absolute atomic E-state index is 12.6. The van der Waals surface area contributed by atoms with Gasteiger partial charge in [-0.15, -0.1) is 3.89 Å². The highest BCUT2D eigenvalue weighted by molar-refractivity contribution is 7.85. The topological polar surface area (TPSA) is 69.7 Å². The summed E-state index contributed by atoms with van der Waals surface area (Å²) < 4.78 is 43.8. The Kier molecular flexibility index (Phi) is 5.33. The van der Waals surface area contributed by atoms with Gasteiger partial charge in [-0.1, -0.05) is 24.3 Å². The summed E-state index contributed by atoms with van der Waals surface area (Å²) in [6, 6.07) is 12.9. The van der Waals surface area contributed by atoms with Crippen molar-refractivity contribution in [3.63, 3.8) is 0 Å². The van der Waals surface area contributed by atoms with Gasteiger partial charge in [-0.2, -0.15) is 8.42 Å². The lowest BCUT2D eigenvalue weighted by molar-refractivity contribution is 0.0600. The number of ether oxygens (including phenoxy) is 2. The van der Waals surface area contributed by atoms with Gasteiger partial charge in [-0.05, 0) is 35.4 Å². The van der Waals surface area contributed by atoms with Crippen LogP contribution in [0.2, 0.25) is 0 Å². The molecule has 0 atom stereocenters. The lowest BCUT2D eigenvalue weighted by Gasteiger charge is -2.07. The predicted molar refractivity (Wildman–Crippen MR) is 82.3 cm³/mol. The second kappa shape index (κ2) is 7.23. The molecule has 0 fully saturated rings. The summed E-state index contributed by atoms with van der Waals surface area (Å²) in [6.07, 6.45) is 0. The van der Waals surface area contributed by atoms with E-state index < -0.39 is 21.9 Å². The SMILES string of the molecule is COC(=O)c1ccc(COc2ccc(CS(=O)(=O)F)cc2)cc1. The van der Waals surface area contributed by atoms with Crippen molar-refractivity contribution in [2.75, 3.05) is 7.11 Å². The van der Waals surface area contributed by atoms with Gasteiger partial charge in [-0.3, -0.25) is 0 Å². The first-order valence-electron chi connectivity index (χ1n) is 6.69. The fraction of sp³-hybridized carbons (Fsp3) is 0.188. The first kappa shape index (κ1) is 17.0. The molecule has 0 amide bonds. The van der Waals surface area contributed by atoms with Crippen molar-refractivity contribution < 1.29 is 26.6 Å². The van der Waals surface area contributed by atoms with E-state index in [4.69, 9.17) is 4.74 Å². The third kappa shape index (κ3) is 5.37. The van der Waals surface area contributed by atoms with Gasteiger partial charge in [0, 0.05) is 0 Å². The number of carbonyl (C=O) groups excluding carboxylic acids is 1. The molecule has 0 aliphatic carbocycles. The smallest absolute Gasteiger partial charge is 0.337 e. The van der Waals surface area contributed by atoms with Gasteiger partial charge in [0.1, 0.15) is 18.1 Å². The van der Waals surface area contributed by atoms with Gasteiger partial charge in [0.2, 0.25) is 0 Å². The Balaban J connectivity index is 1.94. The van der Waals surface area contributed by atoms with Crippen LogP contribution in [0.5, 0.6) is 5.75 Å². The summed E-state index contributed by atoms with van der Waals surface area (Å²) in [5, 5.41) is 0. The number of hydrogen-bond donors (Lipinski definition) is 0. The molecule has 122 valence electrons. The second-order valence-corrected chi connectivity index (χ2v) is 6.17. The summed E-state index contributed by atoms with van der Waals surface area (Å²) in [5.41, 5.74) is 1.66. The van der Waals surface area contributed by atoms with Crippen molar-refractivity contribution in [2.24, 2.45) is 0 Å². The number of benzene rings is 2. The van der Waals surface area contributed by atoms with E-state index >= 15 is 0 Å². The standard InChI is InChI=1S/C16H15FO5S/c1-21-16(18)14-6-2-12(3-7-14)10-22-15-8-4-13(5-9-15)11-23(17,19)20/h2-9H,10-11H2,1H3. The highest BCUT2D eigenvalue weighted by Gasteiger charge is 2.09. The Bertz CT molecular complexity index is 767. The molecule has 0 unspecified atom stereocenters. The molecule has 0 aliphatic rings. The zero-order valence-electron chi connectivity index (χ0n) is 12.4. The van der Waals surface area contributed by atoms with Crippen molar-refractivity contribution in [1.82, 2.24) is 0 Å². The lowest BCUT2D eigenvalue weighted by Crippen LogP contribution is -2.02. The average Bonchev–Trinajstić information content (AvgIpc) is 2.52. The molecule has 0 bridgehead atoms. The van der Waals surface area contributed by atoms with E-state index in [0.29, 0.717) is 16.9 Å².